The molecule has 2 aliphatic rings. The summed E-state index contributed by atoms with van der Waals surface area (Å²) >= 11 is 0. The summed E-state index contributed by atoms with van der Waals surface area (Å²) in [5.41, 5.74) is 5.98. The Labute approximate surface area is 127 Å². The molecule has 100 valence electrons. The number of pyridine rings is 1. The normalized spacial score (nSPS) is 16.9. The van der Waals surface area contributed by atoms with Gasteiger partial charge in [0, 0.05) is 33.0 Å². The summed E-state index contributed by atoms with van der Waals surface area (Å²) in [4.78, 5) is 4.53. The van der Waals surface area contributed by atoms with Crippen LogP contribution in [-0.2, 0) is 32.9 Å². The van der Waals surface area contributed by atoms with Crippen molar-refractivity contribution >= 4 is 0 Å². The van der Waals surface area contributed by atoms with Crippen LogP contribution < -0.4 is 4.74 Å². The van der Waals surface area contributed by atoms with Crippen LogP contribution in [0.5, 0.6) is 5.75 Å². The number of ether oxygens (including phenoxy) is 1. The number of hydrogen-bond acceptors (Lipinski definition) is 2. The topological polar surface area (TPSA) is 22.1 Å². The second-order valence-corrected chi connectivity index (χ2v) is 5.52. The van der Waals surface area contributed by atoms with Crippen LogP contribution in [0.1, 0.15) is 30.5 Å². The predicted octanol–water partition coefficient (Wildman–Crippen LogP) is 3.12. The van der Waals surface area contributed by atoms with E-state index < -0.39 is 0 Å². The Bertz CT molecular complexity index is 664. The van der Waals surface area contributed by atoms with Gasteiger partial charge in [0.1, 0.15) is 0 Å². The Kier molecular flexibility index (Phi) is 2.83. The first-order chi connectivity index (χ1) is 8.69. The average molecular weight is 431 g/mol. The van der Waals surface area contributed by atoms with Crippen LogP contribution in [0, 0.1) is 6.07 Å². The van der Waals surface area contributed by atoms with E-state index in [-0.39, 0.29) is 26.5 Å². The SMILES string of the molecule is CC1(C)c2cccnc2-c2[c-]cc3c(c21)OCC3.[Pt]. The molecule has 0 saturated carbocycles. The van der Waals surface area contributed by atoms with E-state index in [1.807, 2.05) is 12.3 Å². The second kappa shape index (κ2) is 4.18. The van der Waals surface area contributed by atoms with Gasteiger partial charge in [0.25, 0.3) is 0 Å². The maximum atomic E-state index is 5.86. The molecule has 0 radical (unpaired) electrons. The van der Waals surface area contributed by atoms with Crippen LogP contribution in [0.15, 0.2) is 24.4 Å². The Morgan fingerprint density at radius 2 is 2.21 bits per heavy atom. The van der Waals surface area contributed by atoms with E-state index in [0.717, 1.165) is 30.0 Å². The zero-order valence-corrected chi connectivity index (χ0v) is 13.2. The minimum Gasteiger partial charge on any atom is -0.513 e. The van der Waals surface area contributed by atoms with E-state index >= 15 is 0 Å². The van der Waals surface area contributed by atoms with Crippen molar-refractivity contribution in [1.29, 1.82) is 0 Å². The molecule has 0 atom stereocenters. The molecule has 2 heterocycles. The van der Waals surface area contributed by atoms with Gasteiger partial charge in [0.2, 0.25) is 0 Å². The van der Waals surface area contributed by atoms with Crippen molar-refractivity contribution in [3.63, 3.8) is 0 Å². The third kappa shape index (κ3) is 1.56. The molecule has 1 aliphatic heterocycles. The Balaban J connectivity index is 0.00000110. The van der Waals surface area contributed by atoms with Crippen LogP contribution >= 0.6 is 0 Å². The molecular formula is C16H14NOPt-. The van der Waals surface area contributed by atoms with Gasteiger partial charge in [-0.2, -0.15) is 0 Å². The quantitative estimate of drug-likeness (QED) is 0.599. The number of benzene rings is 1. The first-order valence-corrected chi connectivity index (χ1v) is 6.36. The minimum atomic E-state index is -0.0366. The number of rotatable bonds is 0. The number of fused-ring (bicyclic) bond motifs is 5. The van der Waals surface area contributed by atoms with Gasteiger partial charge in [-0.3, -0.25) is 0 Å². The largest absolute Gasteiger partial charge is 0.513 e. The smallest absolute Gasteiger partial charge is 0.0820 e. The molecule has 3 heteroatoms. The van der Waals surface area contributed by atoms with Gasteiger partial charge < -0.3 is 9.72 Å². The molecule has 0 bridgehead atoms. The van der Waals surface area contributed by atoms with Gasteiger partial charge in [-0.25, -0.2) is 0 Å². The maximum absolute atomic E-state index is 5.86. The molecule has 2 aromatic rings. The molecule has 4 rings (SSSR count). The van der Waals surface area contributed by atoms with Gasteiger partial charge in [-0.15, -0.1) is 17.7 Å². The molecule has 19 heavy (non-hydrogen) atoms. The Morgan fingerprint density at radius 1 is 1.37 bits per heavy atom. The summed E-state index contributed by atoms with van der Waals surface area (Å²) in [6.45, 7) is 5.28. The monoisotopic (exact) mass is 431 g/mol. The van der Waals surface area contributed by atoms with Crippen molar-refractivity contribution in [1.82, 2.24) is 4.98 Å². The maximum Gasteiger partial charge on any atom is 0.0820 e. The first kappa shape index (κ1) is 12.9. The fourth-order valence-corrected chi connectivity index (χ4v) is 3.21. The molecule has 0 unspecified atom stereocenters. The van der Waals surface area contributed by atoms with Crippen LogP contribution in [0.25, 0.3) is 11.3 Å². The summed E-state index contributed by atoms with van der Waals surface area (Å²) in [5.74, 6) is 1.08. The summed E-state index contributed by atoms with van der Waals surface area (Å²) in [6, 6.07) is 9.66. The summed E-state index contributed by atoms with van der Waals surface area (Å²) in [7, 11) is 0. The molecule has 1 aromatic heterocycles. The van der Waals surface area contributed by atoms with Crippen molar-refractivity contribution < 1.29 is 25.8 Å². The predicted molar refractivity (Wildman–Crippen MR) is 69.8 cm³/mol. The standard InChI is InChI=1S/C16H14NO.Pt/c1-16(2)12-4-3-8-17-14(12)11-6-5-10-7-9-18-15(10)13(11)16;/h3-5,8H,7,9H2,1-2H3;/q-1;. The van der Waals surface area contributed by atoms with Crippen LogP contribution in [0.2, 0.25) is 0 Å². The van der Waals surface area contributed by atoms with Crippen molar-refractivity contribution in [2.45, 2.75) is 25.7 Å². The number of aromatic nitrogens is 1. The van der Waals surface area contributed by atoms with Gasteiger partial charge in [-0.1, -0.05) is 36.6 Å². The first-order valence-electron chi connectivity index (χ1n) is 6.36. The van der Waals surface area contributed by atoms with E-state index in [4.69, 9.17) is 4.74 Å². The fraction of sp³-hybridized carbons (Fsp3) is 0.312. The Hall–Kier alpha value is -1.14. The summed E-state index contributed by atoms with van der Waals surface area (Å²) in [6.07, 6.45) is 2.85. The van der Waals surface area contributed by atoms with Gasteiger partial charge >= 0.3 is 0 Å². The van der Waals surface area contributed by atoms with Gasteiger partial charge in [0.05, 0.1) is 6.61 Å². The molecule has 0 spiro atoms. The zero-order valence-electron chi connectivity index (χ0n) is 10.9. The third-order valence-corrected chi connectivity index (χ3v) is 4.12. The van der Waals surface area contributed by atoms with E-state index in [1.54, 1.807) is 0 Å². The zero-order chi connectivity index (χ0) is 12.3. The third-order valence-electron chi connectivity index (χ3n) is 4.12. The van der Waals surface area contributed by atoms with E-state index in [1.165, 1.54) is 16.7 Å². The van der Waals surface area contributed by atoms with Gasteiger partial charge in [-0.05, 0) is 23.6 Å². The molecule has 0 N–H and O–H groups in total. The fourth-order valence-electron chi connectivity index (χ4n) is 3.21. The van der Waals surface area contributed by atoms with Crippen molar-refractivity contribution in [3.05, 3.63) is 47.2 Å². The van der Waals surface area contributed by atoms with Gasteiger partial charge in [0.15, 0.2) is 0 Å². The molecule has 0 fully saturated rings. The molecule has 0 amide bonds. The van der Waals surface area contributed by atoms with Crippen molar-refractivity contribution in [2.75, 3.05) is 6.61 Å². The van der Waals surface area contributed by atoms with E-state index in [2.05, 4.69) is 37.0 Å². The Morgan fingerprint density at radius 3 is 3.05 bits per heavy atom. The van der Waals surface area contributed by atoms with Crippen LogP contribution in [0.4, 0.5) is 0 Å². The van der Waals surface area contributed by atoms with E-state index in [0.29, 0.717) is 0 Å². The summed E-state index contributed by atoms with van der Waals surface area (Å²) < 4.78 is 5.86. The van der Waals surface area contributed by atoms with E-state index in [9.17, 15) is 0 Å². The minimum absolute atomic E-state index is 0. The molecule has 2 nitrogen and oxygen atoms in total. The number of nitrogens with zero attached hydrogens (tertiary/aromatic N) is 1. The molecule has 1 aromatic carbocycles. The molecule has 1 aliphatic carbocycles. The summed E-state index contributed by atoms with van der Waals surface area (Å²) in [5, 5.41) is 0. The number of hydrogen-bond donors (Lipinski definition) is 0. The average Bonchev–Trinajstić information content (AvgIpc) is 2.92. The van der Waals surface area contributed by atoms with Crippen LogP contribution in [-0.4, -0.2) is 11.6 Å². The van der Waals surface area contributed by atoms with Crippen molar-refractivity contribution in [3.8, 4) is 17.0 Å². The molecule has 0 saturated heterocycles. The van der Waals surface area contributed by atoms with Crippen molar-refractivity contribution in [2.24, 2.45) is 0 Å². The second-order valence-electron chi connectivity index (χ2n) is 5.52. The van der Waals surface area contributed by atoms with Crippen LogP contribution in [0.3, 0.4) is 0 Å². The molecular weight excluding hydrogens is 417 g/mol.